The fourth-order valence-electron chi connectivity index (χ4n) is 5.74. The zero-order valence-electron chi connectivity index (χ0n) is 20.3. The van der Waals surface area contributed by atoms with E-state index in [2.05, 4.69) is 10.3 Å². The number of nitrogens with one attached hydrogen (secondary N) is 1. The topological polar surface area (TPSA) is 183 Å². The van der Waals surface area contributed by atoms with Crippen LogP contribution in [-0.2, 0) is 32.2 Å². The zero-order valence-corrected chi connectivity index (χ0v) is 20.3. The monoisotopic (exact) mass is 541 g/mol. The number of halogens is 3. The molecule has 1 aromatic rings. The first-order valence-electron chi connectivity index (χ1n) is 11.5. The summed E-state index contributed by atoms with van der Waals surface area (Å²) in [5, 5.41) is 44.0. The summed E-state index contributed by atoms with van der Waals surface area (Å²) in [7, 11) is 2.96. The van der Waals surface area contributed by atoms with Gasteiger partial charge in [0.2, 0.25) is 5.78 Å². The molecule has 206 valence electrons. The number of likely N-dealkylation sites (N-methyl/N-ethyl adjacent to an activating group) is 1. The Hall–Kier alpha value is -3.46. The van der Waals surface area contributed by atoms with E-state index < -0.39 is 76.6 Å². The number of primary amides is 1. The van der Waals surface area contributed by atoms with Gasteiger partial charge in [-0.1, -0.05) is 6.07 Å². The third-order valence-electron chi connectivity index (χ3n) is 7.30. The lowest BCUT2D eigenvalue weighted by molar-refractivity contribution is -0.190. The van der Waals surface area contributed by atoms with Gasteiger partial charge in [0.05, 0.1) is 11.6 Å². The Morgan fingerprint density at radius 2 is 1.89 bits per heavy atom. The SMILES string of the molecule is CN(C)[C@H]1C(=O)C(C(N)=O)=C(O)[C@@]2(O)C(=O)C3=C(O)c4c(O)ccc(CNOCC(F)(F)F)c4C[C@H]3C[C@@H]12. The van der Waals surface area contributed by atoms with E-state index in [0.29, 0.717) is 11.1 Å². The number of Topliss-reactive ketones (excluding diaryl/α,β-unsaturated/α-hetero) is 2. The van der Waals surface area contributed by atoms with Crippen molar-refractivity contribution in [2.45, 2.75) is 37.2 Å². The minimum absolute atomic E-state index is 0.000771. The van der Waals surface area contributed by atoms with Crippen molar-refractivity contribution in [3.05, 3.63) is 45.7 Å². The first-order valence-corrected chi connectivity index (χ1v) is 11.5. The number of hydroxylamine groups is 1. The highest BCUT2D eigenvalue weighted by Crippen LogP contribution is 2.52. The Bertz CT molecular complexity index is 1290. The predicted octanol–water partition coefficient (Wildman–Crippen LogP) is 0.548. The number of nitrogens with zero attached hydrogens (tertiary/aromatic N) is 1. The van der Waals surface area contributed by atoms with E-state index in [1.54, 1.807) is 0 Å². The second-order valence-electron chi connectivity index (χ2n) is 9.78. The van der Waals surface area contributed by atoms with E-state index in [1.807, 2.05) is 0 Å². The molecule has 1 saturated carbocycles. The van der Waals surface area contributed by atoms with Crippen LogP contribution >= 0.6 is 0 Å². The summed E-state index contributed by atoms with van der Waals surface area (Å²) in [6.07, 6.45) is -4.68. The van der Waals surface area contributed by atoms with E-state index in [9.17, 15) is 48.0 Å². The normalized spacial score (nSPS) is 27.4. The van der Waals surface area contributed by atoms with Crippen LogP contribution < -0.4 is 11.2 Å². The molecule has 38 heavy (non-hydrogen) atoms. The number of aliphatic hydroxyl groups is 3. The number of hydrogen-bond donors (Lipinski definition) is 6. The number of nitrogens with two attached hydrogens (primary N) is 1. The number of phenols is 1. The molecule has 4 rings (SSSR count). The molecule has 1 amide bonds. The number of benzene rings is 1. The highest BCUT2D eigenvalue weighted by atomic mass is 19.4. The molecule has 14 heteroatoms. The fraction of sp³-hybridized carbons (Fsp3) is 0.458. The summed E-state index contributed by atoms with van der Waals surface area (Å²) in [5.74, 6) is -7.75. The van der Waals surface area contributed by atoms with Crippen molar-refractivity contribution in [3.8, 4) is 5.75 Å². The molecule has 1 fully saturated rings. The van der Waals surface area contributed by atoms with Crippen molar-refractivity contribution in [2.24, 2.45) is 17.6 Å². The van der Waals surface area contributed by atoms with Gasteiger partial charge in [0.1, 0.15) is 22.8 Å². The average Bonchev–Trinajstić information content (AvgIpc) is 2.79. The molecule has 3 aliphatic carbocycles. The molecule has 7 N–H and O–H groups in total. The molecule has 4 atom stereocenters. The van der Waals surface area contributed by atoms with Gasteiger partial charge in [-0.3, -0.25) is 24.1 Å². The first kappa shape index (κ1) is 27.6. The summed E-state index contributed by atoms with van der Waals surface area (Å²) in [5.41, 5.74) is 3.97. The van der Waals surface area contributed by atoms with Crippen LogP contribution in [0.15, 0.2) is 29.0 Å². The quantitative estimate of drug-likeness (QED) is 0.169. The predicted molar refractivity (Wildman–Crippen MR) is 123 cm³/mol. The Balaban J connectivity index is 1.81. The largest absolute Gasteiger partial charge is 0.508 e. The molecule has 0 aromatic heterocycles. The first-order chi connectivity index (χ1) is 17.6. The minimum atomic E-state index is -4.56. The zero-order chi connectivity index (χ0) is 28.3. The van der Waals surface area contributed by atoms with Gasteiger partial charge >= 0.3 is 6.18 Å². The molecule has 0 saturated heterocycles. The van der Waals surface area contributed by atoms with Crippen molar-refractivity contribution >= 4 is 23.2 Å². The van der Waals surface area contributed by atoms with Crippen LogP contribution in [0, 0.1) is 11.8 Å². The number of rotatable bonds is 6. The third kappa shape index (κ3) is 4.22. The van der Waals surface area contributed by atoms with Gasteiger partial charge in [-0.05, 0) is 50.0 Å². The molecule has 0 heterocycles. The Morgan fingerprint density at radius 1 is 1.24 bits per heavy atom. The number of fused-ring (bicyclic) bond motifs is 3. The standard InChI is InChI=1S/C24H26F3N3O8/c1-30(2)17-12-6-10-5-11-9(7-29-38-8-23(25,26)27)3-4-13(31)15(11)18(32)14(10)20(34)24(12,37)21(35)16(19(17)33)22(28)36/h3-4,10,12,17,29,31-32,35,37H,5-8H2,1-2H3,(H2,28,36)/t10-,12-,17+,24-/m0/s1. The second-order valence-corrected chi connectivity index (χ2v) is 9.78. The maximum absolute atomic E-state index is 13.7. The number of amides is 1. The van der Waals surface area contributed by atoms with E-state index in [0.717, 1.165) is 0 Å². The van der Waals surface area contributed by atoms with Gasteiger partial charge in [-0.25, -0.2) is 0 Å². The van der Waals surface area contributed by atoms with Crippen molar-refractivity contribution in [3.63, 3.8) is 0 Å². The molecule has 0 bridgehead atoms. The number of aromatic hydroxyl groups is 1. The smallest absolute Gasteiger partial charge is 0.413 e. The minimum Gasteiger partial charge on any atom is -0.508 e. The Morgan fingerprint density at radius 3 is 2.47 bits per heavy atom. The molecule has 3 aliphatic rings. The second kappa shape index (κ2) is 9.38. The Kier molecular flexibility index (Phi) is 6.80. The van der Waals surface area contributed by atoms with E-state index >= 15 is 0 Å². The van der Waals surface area contributed by atoms with Gasteiger partial charge in [0.15, 0.2) is 18.0 Å². The van der Waals surface area contributed by atoms with Crippen molar-refractivity contribution in [2.75, 3.05) is 20.7 Å². The van der Waals surface area contributed by atoms with Crippen LogP contribution in [0.5, 0.6) is 5.75 Å². The van der Waals surface area contributed by atoms with Crippen molar-refractivity contribution < 1.29 is 52.8 Å². The molecule has 1 aromatic carbocycles. The number of carbonyl (C=O) groups excluding carboxylic acids is 3. The van der Waals surface area contributed by atoms with Gasteiger partial charge in [0.25, 0.3) is 5.91 Å². The summed E-state index contributed by atoms with van der Waals surface area (Å²) in [6.45, 7) is -1.79. The number of aliphatic hydroxyl groups excluding tert-OH is 2. The number of alkyl halides is 3. The molecule has 0 radical (unpaired) electrons. The summed E-state index contributed by atoms with van der Waals surface area (Å²) < 4.78 is 37.2. The molecular formula is C24H26F3N3O8. The van der Waals surface area contributed by atoms with Gasteiger partial charge in [0, 0.05) is 18.0 Å². The highest BCUT2D eigenvalue weighted by molar-refractivity contribution is 6.24. The maximum Gasteiger partial charge on any atom is 0.413 e. The van der Waals surface area contributed by atoms with Gasteiger partial charge in [-0.15, -0.1) is 0 Å². The third-order valence-corrected chi connectivity index (χ3v) is 7.30. The fourth-order valence-corrected chi connectivity index (χ4v) is 5.74. The average molecular weight is 541 g/mol. The summed E-state index contributed by atoms with van der Waals surface area (Å²) >= 11 is 0. The van der Waals surface area contributed by atoms with Gasteiger partial charge < -0.3 is 26.2 Å². The Labute approximate surface area is 213 Å². The molecular weight excluding hydrogens is 515 g/mol. The van der Waals surface area contributed by atoms with Crippen molar-refractivity contribution in [1.82, 2.24) is 10.4 Å². The van der Waals surface area contributed by atoms with E-state index in [1.165, 1.54) is 31.1 Å². The van der Waals surface area contributed by atoms with Crippen LogP contribution in [0.3, 0.4) is 0 Å². The summed E-state index contributed by atoms with van der Waals surface area (Å²) in [4.78, 5) is 44.6. The van der Waals surface area contributed by atoms with E-state index in [-0.39, 0.29) is 30.5 Å². The van der Waals surface area contributed by atoms with Crippen LogP contribution in [-0.4, -0.2) is 81.3 Å². The lowest BCUT2D eigenvalue weighted by Gasteiger charge is -2.50. The summed E-state index contributed by atoms with van der Waals surface area (Å²) in [6, 6.07) is 1.36. The highest BCUT2D eigenvalue weighted by Gasteiger charge is 2.64. The molecule has 0 unspecified atom stereocenters. The number of ketones is 2. The van der Waals surface area contributed by atoms with Crippen LogP contribution in [0.1, 0.15) is 23.1 Å². The number of hydrogen-bond acceptors (Lipinski definition) is 10. The lowest BCUT2D eigenvalue weighted by Crippen LogP contribution is -2.65. The van der Waals surface area contributed by atoms with Crippen LogP contribution in [0.2, 0.25) is 0 Å². The van der Waals surface area contributed by atoms with Crippen molar-refractivity contribution in [1.29, 1.82) is 0 Å². The molecule has 11 nitrogen and oxygen atoms in total. The van der Waals surface area contributed by atoms with Gasteiger partial charge in [-0.2, -0.15) is 18.7 Å². The van der Waals surface area contributed by atoms with Crippen LogP contribution in [0.25, 0.3) is 5.76 Å². The van der Waals surface area contributed by atoms with Crippen LogP contribution in [0.4, 0.5) is 13.2 Å². The molecule has 0 aliphatic heterocycles. The number of carbonyl (C=O) groups is 3. The maximum atomic E-state index is 13.7. The lowest BCUT2D eigenvalue weighted by atomic mass is 9.57. The van der Waals surface area contributed by atoms with E-state index in [4.69, 9.17) is 5.73 Å². The molecule has 0 spiro atoms. The number of phenolic OH excluding ortho intramolecular Hbond substituents is 1.